The summed E-state index contributed by atoms with van der Waals surface area (Å²) in [5.74, 6) is -1.02. The van der Waals surface area contributed by atoms with Gasteiger partial charge in [-0.05, 0) is 29.0 Å². The molecule has 0 bridgehead atoms. The Morgan fingerprint density at radius 1 is 0.865 bits per heavy atom. The lowest BCUT2D eigenvalue weighted by atomic mass is 9.99. The first kappa shape index (κ1) is 24.1. The Labute approximate surface area is 211 Å². The van der Waals surface area contributed by atoms with E-state index >= 15 is 0 Å². The molecule has 5 rings (SSSR count). The van der Waals surface area contributed by atoms with Crippen molar-refractivity contribution in [1.82, 2.24) is 0 Å². The lowest BCUT2D eigenvalue weighted by Gasteiger charge is -2.21. The molecule has 0 heterocycles. The first-order valence-electron chi connectivity index (χ1n) is 11.1. The molecule has 0 spiro atoms. The standard InChI is InChI=1S/C26H20N4O6S/c31-22-11-9-15-5-1-3-7-18(15)24(22)29-27-20-13-17(37(34,35)36)14-21(26(20)33)28-30-25-19-8-4-2-6-16(19)10-12-23(25)32/h1-13,21,29,31-32H,14H2,(H,34,35,36)/p-1. The number of ketones is 1. The minimum absolute atomic E-state index is 0.101. The van der Waals surface area contributed by atoms with E-state index in [0.717, 1.165) is 16.8 Å². The van der Waals surface area contributed by atoms with Gasteiger partial charge in [-0.1, -0.05) is 60.7 Å². The fraction of sp³-hybridized carbons (Fsp3) is 0.0769. The number of nitrogens with one attached hydrogen (secondary N) is 1. The van der Waals surface area contributed by atoms with Crippen molar-refractivity contribution in [3.63, 3.8) is 0 Å². The Morgan fingerprint density at radius 3 is 2.19 bits per heavy atom. The molecular formula is C26H19N4O6S-. The normalized spacial score (nSPS) is 17.5. The van der Waals surface area contributed by atoms with Gasteiger partial charge in [0.1, 0.15) is 44.7 Å². The summed E-state index contributed by atoms with van der Waals surface area (Å²) >= 11 is 0. The van der Waals surface area contributed by atoms with E-state index in [1.165, 1.54) is 12.1 Å². The van der Waals surface area contributed by atoms with Crippen LogP contribution in [0.15, 0.2) is 99.1 Å². The highest BCUT2D eigenvalue weighted by Crippen LogP contribution is 2.36. The monoisotopic (exact) mass is 515 g/mol. The number of anilines is 1. The topological polar surface area (TPSA) is 164 Å². The van der Waals surface area contributed by atoms with E-state index in [1.54, 1.807) is 36.4 Å². The fourth-order valence-electron chi connectivity index (χ4n) is 4.06. The zero-order valence-electron chi connectivity index (χ0n) is 19.1. The van der Waals surface area contributed by atoms with Gasteiger partial charge >= 0.3 is 0 Å². The molecular weight excluding hydrogens is 496 g/mol. The number of allylic oxidation sites excluding steroid dienone is 1. The molecule has 0 saturated heterocycles. The van der Waals surface area contributed by atoms with Crippen LogP contribution < -0.4 is 5.43 Å². The average molecular weight is 516 g/mol. The first-order valence-corrected chi connectivity index (χ1v) is 12.5. The van der Waals surface area contributed by atoms with Gasteiger partial charge in [0.05, 0.1) is 0 Å². The highest BCUT2D eigenvalue weighted by atomic mass is 32.2. The highest BCUT2D eigenvalue weighted by molar-refractivity contribution is 7.89. The van der Waals surface area contributed by atoms with Crippen molar-refractivity contribution in [1.29, 1.82) is 0 Å². The maximum Gasteiger partial charge on any atom is 0.209 e. The van der Waals surface area contributed by atoms with Gasteiger partial charge in [-0.3, -0.25) is 10.2 Å². The van der Waals surface area contributed by atoms with Crippen LogP contribution in [0.4, 0.5) is 11.4 Å². The van der Waals surface area contributed by atoms with Gasteiger partial charge in [-0.15, -0.1) is 0 Å². The van der Waals surface area contributed by atoms with Crippen LogP contribution >= 0.6 is 0 Å². The second-order valence-electron chi connectivity index (χ2n) is 8.31. The number of hydrazone groups is 1. The largest absolute Gasteiger partial charge is 0.744 e. The SMILES string of the molecule is O=C1C(=NNc2c(O)ccc3ccccc23)C=C(S(=O)(=O)[O-])CC1N=Nc1c(O)ccc2ccccc12. The molecule has 4 aromatic rings. The molecule has 0 fully saturated rings. The molecule has 1 unspecified atom stereocenters. The number of azo groups is 1. The van der Waals surface area contributed by atoms with Crippen molar-refractivity contribution in [2.24, 2.45) is 15.3 Å². The maximum absolute atomic E-state index is 13.1. The molecule has 0 saturated carbocycles. The van der Waals surface area contributed by atoms with Gasteiger partial charge in [-0.2, -0.15) is 15.3 Å². The zero-order chi connectivity index (χ0) is 26.2. The Balaban J connectivity index is 1.53. The number of phenols is 2. The third kappa shape index (κ3) is 4.77. The molecule has 0 aromatic heterocycles. The second-order valence-corrected chi connectivity index (χ2v) is 9.74. The second kappa shape index (κ2) is 9.45. The van der Waals surface area contributed by atoms with E-state index in [4.69, 9.17) is 0 Å². The number of hydrogen-bond donors (Lipinski definition) is 3. The number of nitrogens with zero attached hydrogens (tertiary/aromatic N) is 3. The summed E-state index contributed by atoms with van der Waals surface area (Å²) in [6.07, 6.45) is 0.388. The smallest absolute Gasteiger partial charge is 0.209 e. The summed E-state index contributed by atoms with van der Waals surface area (Å²) in [5, 5.41) is 35.4. The predicted octanol–water partition coefficient (Wildman–Crippen LogP) is 4.73. The van der Waals surface area contributed by atoms with E-state index in [1.807, 2.05) is 24.3 Å². The van der Waals surface area contributed by atoms with Gasteiger partial charge < -0.3 is 14.8 Å². The third-order valence-electron chi connectivity index (χ3n) is 5.94. The molecule has 1 aliphatic carbocycles. The van der Waals surface area contributed by atoms with Crippen molar-refractivity contribution in [2.75, 3.05) is 5.43 Å². The van der Waals surface area contributed by atoms with Gasteiger partial charge in [0.15, 0.2) is 0 Å². The number of phenolic OH excluding ortho intramolecular Hbond substituents is 2. The minimum atomic E-state index is -4.92. The Morgan fingerprint density at radius 2 is 1.49 bits per heavy atom. The molecule has 1 atom stereocenters. The van der Waals surface area contributed by atoms with Crippen LogP contribution in [0.3, 0.4) is 0 Å². The number of carbonyl (C=O) groups is 1. The van der Waals surface area contributed by atoms with E-state index in [0.29, 0.717) is 10.8 Å². The van der Waals surface area contributed by atoms with Crippen LogP contribution in [0.5, 0.6) is 11.5 Å². The van der Waals surface area contributed by atoms with E-state index in [-0.39, 0.29) is 28.6 Å². The van der Waals surface area contributed by atoms with Crippen LogP contribution in [0.1, 0.15) is 6.42 Å². The van der Waals surface area contributed by atoms with Crippen molar-refractivity contribution >= 4 is 54.5 Å². The van der Waals surface area contributed by atoms with Crippen LogP contribution in [-0.4, -0.2) is 40.7 Å². The molecule has 37 heavy (non-hydrogen) atoms. The zero-order valence-corrected chi connectivity index (χ0v) is 19.9. The summed E-state index contributed by atoms with van der Waals surface area (Å²) in [6, 6.07) is 19.1. The highest BCUT2D eigenvalue weighted by Gasteiger charge is 2.31. The molecule has 3 N–H and O–H groups in total. The number of benzene rings is 4. The summed E-state index contributed by atoms with van der Waals surface area (Å²) in [7, 11) is -4.92. The lowest BCUT2D eigenvalue weighted by Crippen LogP contribution is -2.32. The van der Waals surface area contributed by atoms with Crippen LogP contribution in [0.2, 0.25) is 0 Å². The molecule has 0 amide bonds. The lowest BCUT2D eigenvalue weighted by molar-refractivity contribution is -0.114. The number of aromatic hydroxyl groups is 2. The Bertz CT molecular complexity index is 1760. The predicted molar refractivity (Wildman–Crippen MR) is 138 cm³/mol. The van der Waals surface area contributed by atoms with Crippen molar-refractivity contribution in [2.45, 2.75) is 12.5 Å². The molecule has 0 radical (unpaired) electrons. The van der Waals surface area contributed by atoms with Gasteiger partial charge in [0.2, 0.25) is 5.78 Å². The van der Waals surface area contributed by atoms with E-state index < -0.39 is 33.3 Å². The number of fused-ring (bicyclic) bond motifs is 2. The molecule has 0 aliphatic heterocycles. The summed E-state index contributed by atoms with van der Waals surface area (Å²) in [5.41, 5.74) is 2.54. The minimum Gasteiger partial charge on any atom is -0.744 e. The average Bonchev–Trinajstić information content (AvgIpc) is 2.88. The molecule has 1 aliphatic rings. The van der Waals surface area contributed by atoms with Gasteiger partial charge in [0, 0.05) is 22.1 Å². The van der Waals surface area contributed by atoms with Crippen molar-refractivity contribution in [3.8, 4) is 11.5 Å². The molecule has 186 valence electrons. The Kier molecular flexibility index (Phi) is 6.15. The number of hydrogen-bond acceptors (Lipinski definition) is 10. The number of carbonyl (C=O) groups excluding carboxylic acids is 1. The molecule has 4 aromatic carbocycles. The first-order chi connectivity index (χ1) is 17.7. The van der Waals surface area contributed by atoms with Crippen molar-refractivity contribution in [3.05, 3.63) is 83.8 Å². The quantitative estimate of drug-likeness (QED) is 0.150. The maximum atomic E-state index is 13.1. The van der Waals surface area contributed by atoms with Gasteiger partial charge in [-0.25, -0.2) is 8.42 Å². The summed E-state index contributed by atoms with van der Waals surface area (Å²) in [6.45, 7) is 0. The summed E-state index contributed by atoms with van der Waals surface area (Å²) in [4.78, 5) is 12.6. The molecule has 10 nitrogen and oxygen atoms in total. The molecule has 11 heteroatoms. The number of rotatable bonds is 5. The third-order valence-corrected chi connectivity index (χ3v) is 6.87. The van der Waals surface area contributed by atoms with E-state index in [9.17, 15) is 28.0 Å². The van der Waals surface area contributed by atoms with Crippen molar-refractivity contribution < 1.29 is 28.0 Å². The van der Waals surface area contributed by atoms with Crippen LogP contribution in [-0.2, 0) is 14.9 Å². The van der Waals surface area contributed by atoms with E-state index in [2.05, 4.69) is 20.8 Å². The van der Waals surface area contributed by atoms with Crippen LogP contribution in [0.25, 0.3) is 21.5 Å². The Hall–Kier alpha value is -4.61. The van der Waals surface area contributed by atoms with Gasteiger partial charge in [0.25, 0.3) is 0 Å². The number of Topliss-reactive ketones (excluding diaryl/α,β-unsaturated/α-hetero) is 1. The fourth-order valence-corrected chi connectivity index (χ4v) is 4.68. The summed E-state index contributed by atoms with van der Waals surface area (Å²) < 4.78 is 35.5. The van der Waals surface area contributed by atoms with Crippen LogP contribution in [0, 0.1) is 0 Å².